The van der Waals surface area contributed by atoms with Crippen molar-refractivity contribution >= 4 is 15.7 Å². The molecule has 7 nitrogen and oxygen atoms in total. The zero-order valence-electron chi connectivity index (χ0n) is 12.4. The Labute approximate surface area is 124 Å². The average molecular weight is 315 g/mol. The number of benzene rings is 1. The molecule has 0 radical (unpaired) electrons. The van der Waals surface area contributed by atoms with Gasteiger partial charge < -0.3 is 5.73 Å². The second-order valence-corrected chi connectivity index (χ2v) is 7.24. The molecule has 0 heterocycles. The van der Waals surface area contributed by atoms with E-state index in [-0.39, 0.29) is 16.6 Å². The van der Waals surface area contributed by atoms with Gasteiger partial charge in [0.1, 0.15) is 0 Å². The first-order valence-corrected chi connectivity index (χ1v) is 8.09. The van der Waals surface area contributed by atoms with Crippen LogP contribution in [0.5, 0.6) is 0 Å². The van der Waals surface area contributed by atoms with Crippen molar-refractivity contribution in [1.82, 2.24) is 4.31 Å². The number of rotatable bonds is 7. The van der Waals surface area contributed by atoms with Crippen LogP contribution in [0, 0.1) is 10.1 Å². The van der Waals surface area contributed by atoms with Crippen LogP contribution >= 0.6 is 0 Å². The predicted molar refractivity (Wildman–Crippen MR) is 80.6 cm³/mol. The van der Waals surface area contributed by atoms with E-state index in [0.717, 1.165) is 23.2 Å². The molecule has 0 saturated heterocycles. The fraction of sp³-hybridized carbons (Fsp3) is 0.538. The van der Waals surface area contributed by atoms with Gasteiger partial charge >= 0.3 is 0 Å². The number of nitro groups is 1. The molecule has 21 heavy (non-hydrogen) atoms. The summed E-state index contributed by atoms with van der Waals surface area (Å²) in [6, 6.07) is 3.79. The lowest BCUT2D eigenvalue weighted by Crippen LogP contribution is -2.24. The summed E-state index contributed by atoms with van der Waals surface area (Å²) in [5.41, 5.74) is 6.16. The molecule has 0 aliphatic rings. The van der Waals surface area contributed by atoms with Crippen LogP contribution < -0.4 is 5.73 Å². The van der Waals surface area contributed by atoms with Crippen LogP contribution in [0.2, 0.25) is 0 Å². The van der Waals surface area contributed by atoms with Gasteiger partial charge in [-0.2, -0.15) is 0 Å². The predicted octanol–water partition coefficient (Wildman–Crippen LogP) is 1.52. The fourth-order valence-electron chi connectivity index (χ4n) is 2.01. The fourth-order valence-corrected chi connectivity index (χ4v) is 2.94. The highest BCUT2D eigenvalue weighted by Crippen LogP contribution is 2.25. The Balaban J connectivity index is 3.23. The van der Waals surface area contributed by atoms with E-state index in [9.17, 15) is 18.5 Å². The first-order chi connectivity index (χ1) is 9.70. The van der Waals surface area contributed by atoms with Gasteiger partial charge in [-0.3, -0.25) is 10.1 Å². The van der Waals surface area contributed by atoms with Gasteiger partial charge in [0.05, 0.1) is 9.82 Å². The molecule has 1 aromatic rings. The van der Waals surface area contributed by atoms with E-state index in [0.29, 0.717) is 12.0 Å². The van der Waals surface area contributed by atoms with Crippen LogP contribution in [-0.4, -0.2) is 37.8 Å². The molecule has 1 aromatic carbocycles. The Morgan fingerprint density at radius 1 is 1.38 bits per heavy atom. The van der Waals surface area contributed by atoms with Crippen LogP contribution in [-0.2, 0) is 16.4 Å². The highest BCUT2D eigenvalue weighted by Gasteiger charge is 2.23. The van der Waals surface area contributed by atoms with E-state index in [1.165, 1.54) is 26.2 Å². The molecule has 2 N–H and O–H groups in total. The molecule has 118 valence electrons. The number of nitrogens with zero attached hydrogens (tertiary/aromatic N) is 2. The molecule has 1 atom stereocenters. The number of hydrogen-bond donors (Lipinski definition) is 1. The Kier molecular flexibility index (Phi) is 5.82. The van der Waals surface area contributed by atoms with Crippen molar-refractivity contribution in [2.45, 2.75) is 37.1 Å². The lowest BCUT2D eigenvalue weighted by Gasteiger charge is -2.14. The van der Waals surface area contributed by atoms with E-state index in [1.807, 2.05) is 6.92 Å². The number of nitrogens with two attached hydrogens (primary N) is 1. The largest absolute Gasteiger partial charge is 0.327 e. The highest BCUT2D eigenvalue weighted by molar-refractivity contribution is 7.89. The molecule has 0 bridgehead atoms. The lowest BCUT2D eigenvalue weighted by molar-refractivity contribution is -0.385. The molecule has 0 spiro atoms. The summed E-state index contributed by atoms with van der Waals surface area (Å²) in [5, 5.41) is 11.2. The Hall–Kier alpha value is -1.51. The summed E-state index contributed by atoms with van der Waals surface area (Å²) in [6.45, 7) is 1.99. The van der Waals surface area contributed by atoms with E-state index >= 15 is 0 Å². The van der Waals surface area contributed by atoms with Crippen molar-refractivity contribution in [3.8, 4) is 0 Å². The minimum atomic E-state index is -3.69. The summed E-state index contributed by atoms with van der Waals surface area (Å²) in [6.07, 6.45) is 2.00. The average Bonchev–Trinajstić information content (AvgIpc) is 2.38. The van der Waals surface area contributed by atoms with Gasteiger partial charge in [0.2, 0.25) is 10.0 Å². The quantitative estimate of drug-likeness (QED) is 0.606. The zero-order valence-corrected chi connectivity index (χ0v) is 13.3. The molecule has 0 aliphatic heterocycles. The van der Waals surface area contributed by atoms with Gasteiger partial charge in [0.25, 0.3) is 5.69 Å². The van der Waals surface area contributed by atoms with Crippen LogP contribution in [0.15, 0.2) is 23.1 Å². The van der Waals surface area contributed by atoms with Gasteiger partial charge in [-0.15, -0.1) is 0 Å². The van der Waals surface area contributed by atoms with Crippen molar-refractivity contribution in [2.75, 3.05) is 14.1 Å². The third kappa shape index (κ3) is 4.23. The molecule has 0 amide bonds. The Morgan fingerprint density at radius 2 is 2.00 bits per heavy atom. The van der Waals surface area contributed by atoms with Gasteiger partial charge in [-0.1, -0.05) is 19.4 Å². The Morgan fingerprint density at radius 3 is 2.48 bits per heavy atom. The molecule has 0 fully saturated rings. The first kappa shape index (κ1) is 17.5. The van der Waals surface area contributed by atoms with Crippen molar-refractivity contribution < 1.29 is 13.3 Å². The van der Waals surface area contributed by atoms with E-state index in [2.05, 4.69) is 0 Å². The first-order valence-electron chi connectivity index (χ1n) is 6.65. The summed E-state index contributed by atoms with van der Waals surface area (Å²) < 4.78 is 25.1. The smallest absolute Gasteiger partial charge is 0.273 e. The Bertz CT molecular complexity index is 614. The van der Waals surface area contributed by atoms with E-state index in [1.54, 1.807) is 0 Å². The molecular weight excluding hydrogens is 294 g/mol. The van der Waals surface area contributed by atoms with Crippen LogP contribution in [0.25, 0.3) is 0 Å². The maximum Gasteiger partial charge on any atom is 0.273 e. The third-order valence-electron chi connectivity index (χ3n) is 3.17. The zero-order chi connectivity index (χ0) is 16.2. The molecule has 0 saturated carbocycles. The van der Waals surface area contributed by atoms with Gasteiger partial charge in [0.15, 0.2) is 0 Å². The normalized spacial score (nSPS) is 13.4. The maximum atomic E-state index is 12.0. The summed E-state index contributed by atoms with van der Waals surface area (Å²) in [7, 11) is -0.928. The topological polar surface area (TPSA) is 107 Å². The second kappa shape index (κ2) is 6.97. The third-order valence-corrected chi connectivity index (χ3v) is 4.98. The minimum Gasteiger partial charge on any atom is -0.327 e. The monoisotopic (exact) mass is 315 g/mol. The maximum absolute atomic E-state index is 12.0. The lowest BCUT2D eigenvalue weighted by atomic mass is 10.0. The molecule has 8 heteroatoms. The van der Waals surface area contributed by atoms with Crippen molar-refractivity contribution in [2.24, 2.45) is 5.73 Å². The summed E-state index contributed by atoms with van der Waals surface area (Å²) in [4.78, 5) is 10.5. The second-order valence-electron chi connectivity index (χ2n) is 5.09. The van der Waals surface area contributed by atoms with Crippen molar-refractivity contribution in [3.05, 3.63) is 33.9 Å². The summed E-state index contributed by atoms with van der Waals surface area (Å²) in [5.74, 6) is 0. The van der Waals surface area contributed by atoms with Gasteiger partial charge in [0, 0.05) is 31.8 Å². The van der Waals surface area contributed by atoms with Crippen LogP contribution in [0.3, 0.4) is 0 Å². The minimum absolute atomic E-state index is 0.0907. The number of hydrogen-bond acceptors (Lipinski definition) is 5. The molecule has 0 aromatic heterocycles. The van der Waals surface area contributed by atoms with Crippen LogP contribution in [0.4, 0.5) is 5.69 Å². The molecule has 1 rings (SSSR count). The molecule has 1 unspecified atom stereocenters. The standard InChI is InChI=1S/C13H21N3O4S/c1-4-5-11(14)8-10-6-7-12(9-13(10)16(17)18)21(19,20)15(2)3/h6-7,9,11H,4-5,8,14H2,1-3H3. The van der Waals surface area contributed by atoms with Crippen LogP contribution in [0.1, 0.15) is 25.3 Å². The van der Waals surface area contributed by atoms with Crippen molar-refractivity contribution in [3.63, 3.8) is 0 Å². The number of sulfonamides is 1. The SMILES string of the molecule is CCCC(N)Cc1ccc(S(=O)(=O)N(C)C)cc1[N+](=O)[O-]. The van der Waals surface area contributed by atoms with E-state index < -0.39 is 14.9 Å². The highest BCUT2D eigenvalue weighted by atomic mass is 32.2. The summed E-state index contributed by atoms with van der Waals surface area (Å²) >= 11 is 0. The van der Waals surface area contributed by atoms with Crippen molar-refractivity contribution in [1.29, 1.82) is 0 Å². The molecule has 0 aliphatic carbocycles. The van der Waals surface area contributed by atoms with Gasteiger partial charge in [-0.05, 0) is 18.9 Å². The van der Waals surface area contributed by atoms with Gasteiger partial charge in [-0.25, -0.2) is 12.7 Å². The van der Waals surface area contributed by atoms with E-state index in [4.69, 9.17) is 5.73 Å². The molecular formula is C13H21N3O4S. The number of nitro benzene ring substituents is 1.